The maximum absolute atomic E-state index is 11.1. The molecule has 150 valence electrons. The number of esters is 1. The molecule has 0 amide bonds. The van der Waals surface area contributed by atoms with Crippen molar-refractivity contribution >= 4 is 35.9 Å². The van der Waals surface area contributed by atoms with Gasteiger partial charge in [0.25, 0.3) is 0 Å². The fraction of sp³-hybridized carbons (Fsp3) is 0.889. The molecule has 0 spiro atoms. The van der Waals surface area contributed by atoms with Crippen LogP contribution in [0.4, 0.5) is 0 Å². The lowest BCUT2D eigenvalue weighted by atomic mass is 10.2. The SMILES string of the molecule is CCNC(=NCCCCC(=O)OC)NC(C)CCCN(CC)CC.I. The summed E-state index contributed by atoms with van der Waals surface area (Å²) in [6.45, 7) is 13.6. The highest BCUT2D eigenvalue weighted by atomic mass is 127. The smallest absolute Gasteiger partial charge is 0.305 e. The van der Waals surface area contributed by atoms with Gasteiger partial charge in [0.2, 0.25) is 0 Å². The van der Waals surface area contributed by atoms with Gasteiger partial charge in [0.15, 0.2) is 5.96 Å². The van der Waals surface area contributed by atoms with Crippen molar-refractivity contribution in [2.24, 2.45) is 4.99 Å². The molecular formula is C18H39IN4O2. The Balaban J connectivity index is 0. The Labute approximate surface area is 171 Å². The molecule has 1 atom stereocenters. The quantitative estimate of drug-likeness (QED) is 0.143. The molecule has 0 heterocycles. The molecule has 0 fully saturated rings. The number of unbranched alkanes of at least 4 members (excludes halogenated alkanes) is 1. The van der Waals surface area contributed by atoms with Gasteiger partial charge in [-0.3, -0.25) is 9.79 Å². The molecule has 0 saturated carbocycles. The summed E-state index contributed by atoms with van der Waals surface area (Å²) in [5.74, 6) is 0.719. The number of hydrogen-bond donors (Lipinski definition) is 2. The fourth-order valence-electron chi connectivity index (χ4n) is 2.46. The highest BCUT2D eigenvalue weighted by Crippen LogP contribution is 2.00. The number of guanidine groups is 1. The third-order valence-corrected chi connectivity index (χ3v) is 4.02. The number of carbonyl (C=O) groups is 1. The van der Waals surface area contributed by atoms with E-state index in [4.69, 9.17) is 0 Å². The lowest BCUT2D eigenvalue weighted by Crippen LogP contribution is -2.42. The van der Waals surface area contributed by atoms with Gasteiger partial charge in [0, 0.05) is 25.6 Å². The molecule has 0 aliphatic carbocycles. The van der Waals surface area contributed by atoms with E-state index in [9.17, 15) is 4.79 Å². The third-order valence-electron chi connectivity index (χ3n) is 4.02. The predicted octanol–water partition coefficient (Wildman–Crippen LogP) is 3.01. The zero-order valence-corrected chi connectivity index (χ0v) is 19.1. The number of aliphatic imine (C=N–C) groups is 1. The Morgan fingerprint density at radius 3 is 2.40 bits per heavy atom. The van der Waals surface area contributed by atoms with Crippen molar-refractivity contribution in [3.05, 3.63) is 0 Å². The lowest BCUT2D eigenvalue weighted by molar-refractivity contribution is -0.140. The van der Waals surface area contributed by atoms with Crippen LogP contribution in [0.5, 0.6) is 0 Å². The van der Waals surface area contributed by atoms with E-state index in [0.29, 0.717) is 12.5 Å². The highest BCUT2D eigenvalue weighted by molar-refractivity contribution is 14.0. The Hall–Kier alpha value is -0.570. The zero-order chi connectivity index (χ0) is 18.2. The van der Waals surface area contributed by atoms with E-state index >= 15 is 0 Å². The van der Waals surface area contributed by atoms with Gasteiger partial charge in [0.05, 0.1) is 7.11 Å². The number of halogens is 1. The van der Waals surface area contributed by atoms with Gasteiger partial charge in [-0.2, -0.15) is 0 Å². The van der Waals surface area contributed by atoms with Crippen LogP contribution in [0.3, 0.4) is 0 Å². The summed E-state index contributed by atoms with van der Waals surface area (Å²) >= 11 is 0. The van der Waals surface area contributed by atoms with Gasteiger partial charge in [-0.1, -0.05) is 13.8 Å². The Kier molecular flexibility index (Phi) is 19.4. The highest BCUT2D eigenvalue weighted by Gasteiger charge is 2.06. The molecule has 0 aromatic carbocycles. The largest absolute Gasteiger partial charge is 0.469 e. The summed E-state index contributed by atoms with van der Waals surface area (Å²) < 4.78 is 4.64. The number of rotatable bonds is 13. The topological polar surface area (TPSA) is 66.0 Å². The molecule has 2 N–H and O–H groups in total. The second-order valence-corrected chi connectivity index (χ2v) is 6.01. The summed E-state index contributed by atoms with van der Waals surface area (Å²) in [5, 5.41) is 6.75. The molecule has 6 nitrogen and oxygen atoms in total. The summed E-state index contributed by atoms with van der Waals surface area (Å²) in [5.41, 5.74) is 0. The van der Waals surface area contributed by atoms with Crippen molar-refractivity contribution < 1.29 is 9.53 Å². The minimum atomic E-state index is -0.147. The van der Waals surface area contributed by atoms with Crippen molar-refractivity contribution in [3.63, 3.8) is 0 Å². The number of nitrogens with one attached hydrogen (secondary N) is 2. The summed E-state index contributed by atoms with van der Waals surface area (Å²) in [7, 11) is 1.43. The van der Waals surface area contributed by atoms with E-state index in [2.05, 4.69) is 53.0 Å². The molecule has 0 rings (SSSR count). The number of hydrogen-bond acceptors (Lipinski definition) is 4. The van der Waals surface area contributed by atoms with E-state index in [-0.39, 0.29) is 29.9 Å². The molecule has 1 unspecified atom stereocenters. The van der Waals surface area contributed by atoms with Gasteiger partial charge < -0.3 is 20.3 Å². The van der Waals surface area contributed by atoms with E-state index < -0.39 is 0 Å². The molecule has 0 radical (unpaired) electrons. The van der Waals surface area contributed by atoms with Crippen molar-refractivity contribution in [1.29, 1.82) is 0 Å². The van der Waals surface area contributed by atoms with Crippen LogP contribution in [-0.4, -0.2) is 62.7 Å². The van der Waals surface area contributed by atoms with Crippen LogP contribution >= 0.6 is 24.0 Å². The molecule has 0 aliphatic heterocycles. The van der Waals surface area contributed by atoms with Gasteiger partial charge in [-0.15, -0.1) is 24.0 Å². The summed E-state index contributed by atoms with van der Waals surface area (Å²) in [6.07, 6.45) is 4.49. The monoisotopic (exact) mass is 470 g/mol. The van der Waals surface area contributed by atoms with Crippen LogP contribution in [0.2, 0.25) is 0 Å². The maximum Gasteiger partial charge on any atom is 0.305 e. The number of carbonyl (C=O) groups excluding carboxylic acids is 1. The molecular weight excluding hydrogens is 431 g/mol. The molecule has 0 bridgehead atoms. The van der Waals surface area contributed by atoms with E-state index in [1.54, 1.807) is 0 Å². The number of ether oxygens (including phenoxy) is 1. The second kappa shape index (κ2) is 18.2. The maximum atomic E-state index is 11.1. The van der Waals surface area contributed by atoms with Crippen molar-refractivity contribution in [2.45, 2.75) is 65.8 Å². The Morgan fingerprint density at radius 2 is 1.84 bits per heavy atom. The predicted molar refractivity (Wildman–Crippen MR) is 117 cm³/mol. The minimum absolute atomic E-state index is 0. The van der Waals surface area contributed by atoms with Gasteiger partial charge >= 0.3 is 5.97 Å². The fourth-order valence-corrected chi connectivity index (χ4v) is 2.46. The molecule has 0 aliphatic rings. The first kappa shape index (κ1) is 26.7. The average molecular weight is 470 g/mol. The van der Waals surface area contributed by atoms with Crippen molar-refractivity contribution in [2.75, 3.05) is 39.8 Å². The van der Waals surface area contributed by atoms with Crippen LogP contribution in [-0.2, 0) is 9.53 Å². The molecule has 0 aromatic rings. The van der Waals surface area contributed by atoms with E-state index in [1.165, 1.54) is 13.5 Å². The summed E-state index contributed by atoms with van der Waals surface area (Å²) in [6, 6.07) is 0.397. The molecule has 0 saturated heterocycles. The van der Waals surface area contributed by atoms with Crippen LogP contribution in [0.15, 0.2) is 4.99 Å². The lowest BCUT2D eigenvalue weighted by Gasteiger charge is -2.21. The van der Waals surface area contributed by atoms with Crippen LogP contribution < -0.4 is 10.6 Å². The average Bonchev–Trinajstić information content (AvgIpc) is 2.58. The standard InChI is InChI=1S/C18H38N4O2.HI/c1-6-19-18(20-14-10-9-13-17(23)24-5)21-16(4)12-11-15-22(7-2)8-3;/h16H,6-15H2,1-5H3,(H2,19,20,21);1H. The minimum Gasteiger partial charge on any atom is -0.469 e. The van der Waals surface area contributed by atoms with Crippen molar-refractivity contribution in [3.8, 4) is 0 Å². The molecule has 7 heteroatoms. The van der Waals surface area contributed by atoms with Crippen molar-refractivity contribution in [1.82, 2.24) is 15.5 Å². The van der Waals surface area contributed by atoms with E-state index in [0.717, 1.165) is 57.9 Å². The van der Waals surface area contributed by atoms with Crippen LogP contribution in [0, 0.1) is 0 Å². The van der Waals surface area contributed by atoms with Gasteiger partial charge in [-0.05, 0) is 59.2 Å². The van der Waals surface area contributed by atoms with Gasteiger partial charge in [-0.25, -0.2) is 0 Å². The first-order valence-corrected chi connectivity index (χ1v) is 9.41. The third kappa shape index (κ3) is 15.4. The number of methoxy groups -OCH3 is 1. The summed E-state index contributed by atoms with van der Waals surface area (Å²) in [4.78, 5) is 18.1. The van der Waals surface area contributed by atoms with Crippen LogP contribution in [0.25, 0.3) is 0 Å². The zero-order valence-electron chi connectivity index (χ0n) is 16.8. The van der Waals surface area contributed by atoms with Gasteiger partial charge in [0.1, 0.15) is 0 Å². The Bertz CT molecular complexity index is 350. The Morgan fingerprint density at radius 1 is 1.16 bits per heavy atom. The second-order valence-electron chi connectivity index (χ2n) is 6.01. The first-order chi connectivity index (χ1) is 11.6. The van der Waals surface area contributed by atoms with Crippen LogP contribution in [0.1, 0.15) is 59.8 Å². The molecule has 0 aromatic heterocycles. The normalized spacial score (nSPS) is 12.5. The number of nitrogens with zero attached hydrogens (tertiary/aromatic N) is 2. The first-order valence-electron chi connectivity index (χ1n) is 9.41. The van der Waals surface area contributed by atoms with E-state index in [1.807, 2.05) is 0 Å². The molecule has 25 heavy (non-hydrogen) atoms.